The van der Waals surface area contributed by atoms with Gasteiger partial charge in [-0.05, 0) is 56.0 Å². The Kier molecular flexibility index (Phi) is 7.88. The molecule has 2 heterocycles. The maximum atomic E-state index is 13.1. The monoisotopic (exact) mass is 488 g/mol. The van der Waals surface area contributed by atoms with Crippen LogP contribution in [0.15, 0.2) is 45.8 Å². The maximum absolute atomic E-state index is 13.1. The summed E-state index contributed by atoms with van der Waals surface area (Å²) in [5.41, 5.74) is 0.769. The van der Waals surface area contributed by atoms with E-state index < -0.39 is 15.9 Å². The summed E-state index contributed by atoms with van der Waals surface area (Å²) >= 11 is 0. The number of carbonyl (C=O) groups excluding carboxylic acids is 1. The number of carbonyl (C=O) groups is 1. The topological polar surface area (TPSA) is 123 Å². The molecule has 2 aromatic heterocycles. The molecule has 0 aliphatic carbocycles. The van der Waals surface area contributed by atoms with Crippen molar-refractivity contribution in [1.29, 1.82) is 0 Å². The fourth-order valence-corrected chi connectivity index (χ4v) is 5.07. The van der Waals surface area contributed by atoms with Crippen LogP contribution in [0, 0.1) is 11.8 Å². The molecule has 34 heavy (non-hydrogen) atoms. The van der Waals surface area contributed by atoms with Gasteiger partial charge in [-0.2, -0.15) is 9.40 Å². The van der Waals surface area contributed by atoms with E-state index in [0.717, 1.165) is 0 Å². The van der Waals surface area contributed by atoms with E-state index in [4.69, 9.17) is 4.42 Å². The van der Waals surface area contributed by atoms with Crippen molar-refractivity contribution < 1.29 is 17.6 Å². The number of hydrogen-bond donors (Lipinski definition) is 1. The van der Waals surface area contributed by atoms with Crippen molar-refractivity contribution in [2.24, 2.45) is 11.8 Å². The van der Waals surface area contributed by atoms with E-state index in [0.29, 0.717) is 18.8 Å². The lowest BCUT2D eigenvalue weighted by Gasteiger charge is -2.25. The first-order valence-electron chi connectivity index (χ1n) is 11.3. The van der Waals surface area contributed by atoms with Crippen LogP contribution in [0.2, 0.25) is 0 Å². The molecule has 184 valence electrons. The zero-order valence-corrected chi connectivity index (χ0v) is 21.2. The Balaban J connectivity index is 1.72. The first-order chi connectivity index (χ1) is 16.0. The third kappa shape index (κ3) is 6.09. The largest absolute Gasteiger partial charge is 0.401 e. The Morgan fingerprint density at radius 2 is 1.62 bits per heavy atom. The SMILES string of the molecule is CC(C)CN(CC(C)C)S(=O)(=O)c1ccc(C(=O)Nc2nnc(-c3ccn(C(C)C)n3)o2)cc1. The van der Waals surface area contributed by atoms with Gasteiger partial charge in [0.2, 0.25) is 10.0 Å². The maximum Gasteiger partial charge on any atom is 0.322 e. The summed E-state index contributed by atoms with van der Waals surface area (Å²) < 4.78 is 35.0. The number of benzene rings is 1. The third-order valence-corrected chi connectivity index (χ3v) is 6.74. The first kappa shape index (κ1) is 25.6. The number of hydrogen-bond acceptors (Lipinski definition) is 7. The predicted molar refractivity (Wildman–Crippen MR) is 129 cm³/mol. The van der Waals surface area contributed by atoms with E-state index in [-0.39, 0.29) is 40.2 Å². The molecular formula is C23H32N6O4S. The van der Waals surface area contributed by atoms with Crippen molar-refractivity contribution >= 4 is 21.9 Å². The molecule has 0 radical (unpaired) electrons. The molecule has 0 spiro atoms. The normalized spacial score (nSPS) is 12.3. The summed E-state index contributed by atoms with van der Waals surface area (Å²) in [6.45, 7) is 12.8. The average Bonchev–Trinajstić information content (AvgIpc) is 3.42. The molecule has 0 aliphatic rings. The summed E-state index contributed by atoms with van der Waals surface area (Å²) in [6, 6.07) is 7.67. The van der Waals surface area contributed by atoms with Crippen LogP contribution in [0.4, 0.5) is 6.01 Å². The lowest BCUT2D eigenvalue weighted by atomic mass is 10.2. The molecule has 1 N–H and O–H groups in total. The lowest BCUT2D eigenvalue weighted by molar-refractivity contribution is 0.102. The summed E-state index contributed by atoms with van der Waals surface area (Å²) in [4.78, 5) is 12.8. The van der Waals surface area contributed by atoms with Gasteiger partial charge in [-0.1, -0.05) is 32.8 Å². The van der Waals surface area contributed by atoms with Crippen molar-refractivity contribution in [3.8, 4) is 11.6 Å². The highest BCUT2D eigenvalue weighted by atomic mass is 32.2. The van der Waals surface area contributed by atoms with Crippen LogP contribution >= 0.6 is 0 Å². The fraction of sp³-hybridized carbons (Fsp3) is 0.478. The van der Waals surface area contributed by atoms with E-state index in [1.807, 2.05) is 47.7 Å². The zero-order chi connectivity index (χ0) is 25.0. The minimum absolute atomic E-state index is 0.0733. The van der Waals surface area contributed by atoms with Gasteiger partial charge in [0.15, 0.2) is 0 Å². The molecule has 3 rings (SSSR count). The molecule has 11 heteroatoms. The van der Waals surface area contributed by atoms with Crippen molar-refractivity contribution in [1.82, 2.24) is 24.3 Å². The van der Waals surface area contributed by atoms with Gasteiger partial charge in [-0.15, -0.1) is 5.10 Å². The molecule has 0 saturated carbocycles. The number of rotatable bonds is 10. The van der Waals surface area contributed by atoms with E-state index in [2.05, 4.69) is 20.6 Å². The fourth-order valence-electron chi connectivity index (χ4n) is 3.30. The van der Waals surface area contributed by atoms with Gasteiger partial charge in [0, 0.05) is 30.9 Å². The number of nitrogens with zero attached hydrogens (tertiary/aromatic N) is 5. The van der Waals surface area contributed by atoms with Crippen molar-refractivity contribution in [3.63, 3.8) is 0 Å². The molecule has 3 aromatic rings. The second-order valence-corrected chi connectivity index (χ2v) is 11.2. The van der Waals surface area contributed by atoms with Crippen molar-refractivity contribution in [2.75, 3.05) is 18.4 Å². The Hall–Kier alpha value is -3.05. The Morgan fingerprint density at radius 1 is 1.00 bits per heavy atom. The minimum atomic E-state index is -3.67. The predicted octanol–water partition coefficient (Wildman–Crippen LogP) is 4.07. The van der Waals surface area contributed by atoms with Gasteiger partial charge in [0.1, 0.15) is 5.69 Å². The highest BCUT2D eigenvalue weighted by Crippen LogP contribution is 2.21. The summed E-state index contributed by atoms with van der Waals surface area (Å²) in [7, 11) is -3.67. The number of sulfonamides is 1. The highest BCUT2D eigenvalue weighted by molar-refractivity contribution is 7.89. The van der Waals surface area contributed by atoms with Crippen LogP contribution < -0.4 is 5.32 Å². The summed E-state index contributed by atoms with van der Waals surface area (Å²) in [6.07, 6.45) is 1.81. The smallest absolute Gasteiger partial charge is 0.322 e. The van der Waals surface area contributed by atoms with Crippen molar-refractivity contribution in [3.05, 3.63) is 42.1 Å². The average molecular weight is 489 g/mol. The lowest BCUT2D eigenvalue weighted by Crippen LogP contribution is -2.37. The van der Waals surface area contributed by atoms with Gasteiger partial charge >= 0.3 is 6.01 Å². The number of amides is 1. The Labute approximate surface area is 200 Å². The first-order valence-corrected chi connectivity index (χ1v) is 12.7. The molecule has 0 saturated heterocycles. The third-order valence-electron chi connectivity index (χ3n) is 4.89. The van der Waals surface area contributed by atoms with Crippen LogP contribution in [-0.4, -0.2) is 51.7 Å². The quantitative estimate of drug-likeness (QED) is 0.456. The summed E-state index contributed by atoms with van der Waals surface area (Å²) in [5.74, 6) is 0.0774. The van der Waals surface area contributed by atoms with Gasteiger partial charge < -0.3 is 4.42 Å². The molecule has 0 bridgehead atoms. The zero-order valence-electron chi connectivity index (χ0n) is 20.4. The van der Waals surface area contributed by atoms with Gasteiger partial charge in [0.05, 0.1) is 4.90 Å². The van der Waals surface area contributed by atoms with Crippen LogP contribution in [0.25, 0.3) is 11.6 Å². The number of nitrogens with one attached hydrogen (secondary N) is 1. The summed E-state index contributed by atoms with van der Waals surface area (Å²) in [5, 5.41) is 14.7. The van der Waals surface area contributed by atoms with Crippen LogP contribution in [-0.2, 0) is 10.0 Å². The molecule has 0 unspecified atom stereocenters. The van der Waals surface area contributed by atoms with E-state index in [9.17, 15) is 13.2 Å². The van der Waals surface area contributed by atoms with Crippen molar-refractivity contribution in [2.45, 2.75) is 52.5 Å². The Bertz CT molecular complexity index is 1200. The van der Waals surface area contributed by atoms with Crippen LogP contribution in [0.5, 0.6) is 0 Å². The standard InChI is InChI=1S/C23H32N6O4S/c1-15(2)13-28(14-16(3)4)34(31,32)19-9-7-18(8-10-19)21(30)24-23-26-25-22(33-23)20-11-12-29(27-20)17(5)6/h7-12,15-17H,13-14H2,1-6H3,(H,24,26,30). The molecule has 0 fully saturated rings. The van der Waals surface area contributed by atoms with E-state index in [1.165, 1.54) is 28.6 Å². The van der Waals surface area contributed by atoms with E-state index in [1.54, 1.807) is 10.7 Å². The Morgan fingerprint density at radius 3 is 2.15 bits per heavy atom. The number of aromatic nitrogens is 4. The van der Waals surface area contributed by atoms with Crippen LogP contribution in [0.1, 0.15) is 57.9 Å². The van der Waals surface area contributed by atoms with Crippen LogP contribution in [0.3, 0.4) is 0 Å². The molecule has 1 amide bonds. The molecular weight excluding hydrogens is 456 g/mol. The minimum Gasteiger partial charge on any atom is -0.401 e. The number of anilines is 1. The molecule has 1 aromatic carbocycles. The second kappa shape index (κ2) is 10.5. The molecule has 0 atom stereocenters. The molecule has 0 aliphatic heterocycles. The van der Waals surface area contributed by atoms with Gasteiger partial charge in [-0.25, -0.2) is 8.42 Å². The van der Waals surface area contributed by atoms with Gasteiger partial charge in [0.25, 0.3) is 11.8 Å². The highest BCUT2D eigenvalue weighted by Gasteiger charge is 2.26. The molecule has 10 nitrogen and oxygen atoms in total. The second-order valence-electron chi connectivity index (χ2n) is 9.28. The van der Waals surface area contributed by atoms with Gasteiger partial charge in [-0.3, -0.25) is 14.8 Å². The van der Waals surface area contributed by atoms with E-state index >= 15 is 0 Å².